The van der Waals surface area contributed by atoms with E-state index >= 15 is 0 Å². The first-order valence-electron chi connectivity index (χ1n) is 11.7. The highest BCUT2D eigenvalue weighted by Crippen LogP contribution is 2.35. The Balaban J connectivity index is 1.36. The lowest BCUT2D eigenvalue weighted by atomic mass is 10.0. The summed E-state index contributed by atoms with van der Waals surface area (Å²) in [6.07, 6.45) is 4.85. The van der Waals surface area contributed by atoms with Crippen molar-refractivity contribution in [2.24, 2.45) is 0 Å². The standard InChI is InChI=1S/C25H29ClN4O3S2/c1-25(2,35(3,32)33)17-6-7-20-16(11-17)12-21(34-20)24(31)27-18-13-22(26)28-23(14-18)30-10-8-19-5-4-9-29(19)15-30/h6-7,11-14,19H,4-5,8-10,15H2,1-3H3,(H,27,28,31). The Labute approximate surface area is 215 Å². The van der Waals surface area contributed by atoms with Crippen molar-refractivity contribution in [2.45, 2.75) is 43.9 Å². The van der Waals surface area contributed by atoms with E-state index in [0.29, 0.717) is 27.3 Å². The number of carbonyl (C=O) groups excluding carboxylic acids is 1. The van der Waals surface area contributed by atoms with Crippen molar-refractivity contribution in [1.82, 2.24) is 9.88 Å². The number of benzene rings is 1. The average Bonchev–Trinajstić information content (AvgIpc) is 3.43. The Hall–Kier alpha value is -2.20. The number of pyridine rings is 1. The fourth-order valence-corrected chi connectivity index (χ4v) is 6.54. The number of nitrogens with one attached hydrogen (secondary N) is 1. The van der Waals surface area contributed by atoms with E-state index in [9.17, 15) is 13.2 Å². The SMILES string of the molecule is CC(C)(c1ccc2sc(C(=O)Nc3cc(Cl)nc(N4CCC5CCCN5C4)c3)cc2c1)S(C)(=O)=O. The molecule has 1 atom stereocenters. The molecule has 0 bridgehead atoms. The molecule has 7 nitrogen and oxygen atoms in total. The molecule has 2 aromatic heterocycles. The summed E-state index contributed by atoms with van der Waals surface area (Å²) in [6, 6.07) is 11.6. The van der Waals surface area contributed by atoms with Gasteiger partial charge >= 0.3 is 0 Å². The molecule has 0 saturated carbocycles. The van der Waals surface area contributed by atoms with E-state index in [1.165, 1.54) is 30.4 Å². The van der Waals surface area contributed by atoms with Crippen LogP contribution in [0.2, 0.25) is 5.15 Å². The van der Waals surface area contributed by atoms with E-state index in [0.717, 1.165) is 42.1 Å². The lowest BCUT2D eigenvalue weighted by Gasteiger charge is -2.38. The molecule has 2 aliphatic rings. The second-order valence-corrected chi connectivity index (χ2v) is 14.0. The Morgan fingerprint density at radius 3 is 2.74 bits per heavy atom. The van der Waals surface area contributed by atoms with Crippen molar-refractivity contribution in [1.29, 1.82) is 0 Å². The maximum Gasteiger partial charge on any atom is 0.265 e. The molecule has 0 radical (unpaired) electrons. The monoisotopic (exact) mass is 532 g/mol. The normalized spacial score (nSPS) is 19.2. The number of nitrogens with zero attached hydrogens (tertiary/aromatic N) is 3. The third-order valence-electron chi connectivity index (χ3n) is 7.31. The van der Waals surface area contributed by atoms with Crippen LogP contribution in [0.15, 0.2) is 36.4 Å². The molecule has 5 rings (SSSR count). The molecule has 3 aromatic rings. The number of sulfone groups is 1. The van der Waals surface area contributed by atoms with E-state index in [4.69, 9.17) is 11.6 Å². The average molecular weight is 533 g/mol. The van der Waals surface area contributed by atoms with Gasteiger partial charge in [0.2, 0.25) is 0 Å². The Kier molecular flexibility index (Phi) is 6.32. The third kappa shape index (κ3) is 4.79. The van der Waals surface area contributed by atoms with Crippen LogP contribution in [-0.2, 0) is 14.6 Å². The highest BCUT2D eigenvalue weighted by Gasteiger charge is 2.33. The zero-order chi connectivity index (χ0) is 25.0. The van der Waals surface area contributed by atoms with Gasteiger partial charge in [0.15, 0.2) is 9.84 Å². The second kappa shape index (κ2) is 9.03. The molecule has 1 amide bonds. The lowest BCUT2D eigenvalue weighted by molar-refractivity contribution is 0.103. The molecule has 4 heterocycles. The van der Waals surface area contributed by atoms with Crippen LogP contribution in [-0.4, -0.2) is 56.3 Å². The number of aromatic nitrogens is 1. The molecule has 1 N–H and O–H groups in total. The summed E-state index contributed by atoms with van der Waals surface area (Å²) in [4.78, 5) is 22.8. The molecule has 10 heteroatoms. The number of anilines is 2. The first-order chi connectivity index (χ1) is 16.5. The fraction of sp³-hybridized carbons (Fsp3) is 0.440. The minimum Gasteiger partial charge on any atom is -0.343 e. The number of fused-ring (bicyclic) bond motifs is 2. The zero-order valence-corrected chi connectivity index (χ0v) is 22.4. The van der Waals surface area contributed by atoms with Crippen LogP contribution in [0.3, 0.4) is 0 Å². The predicted octanol–water partition coefficient (Wildman–Crippen LogP) is 5.11. The van der Waals surface area contributed by atoms with Crippen LogP contribution < -0.4 is 10.2 Å². The summed E-state index contributed by atoms with van der Waals surface area (Å²) in [7, 11) is -3.30. The van der Waals surface area contributed by atoms with Gasteiger partial charge in [-0.15, -0.1) is 11.3 Å². The summed E-state index contributed by atoms with van der Waals surface area (Å²) in [6.45, 7) is 6.25. The van der Waals surface area contributed by atoms with Crippen molar-refractivity contribution < 1.29 is 13.2 Å². The molecule has 1 unspecified atom stereocenters. The van der Waals surface area contributed by atoms with Crippen molar-refractivity contribution in [3.05, 3.63) is 52.0 Å². The van der Waals surface area contributed by atoms with E-state index in [1.54, 1.807) is 26.0 Å². The molecule has 0 aliphatic carbocycles. The maximum absolute atomic E-state index is 13.1. The maximum atomic E-state index is 13.1. The Morgan fingerprint density at radius 2 is 1.97 bits per heavy atom. The van der Waals surface area contributed by atoms with Crippen LogP contribution >= 0.6 is 22.9 Å². The predicted molar refractivity (Wildman–Crippen MR) is 143 cm³/mol. The molecule has 2 aliphatic heterocycles. The number of hydrogen-bond acceptors (Lipinski definition) is 7. The molecular weight excluding hydrogens is 504 g/mol. The van der Waals surface area contributed by atoms with Crippen LogP contribution in [0.4, 0.5) is 11.5 Å². The van der Waals surface area contributed by atoms with E-state index in [2.05, 4.69) is 20.1 Å². The molecule has 0 spiro atoms. The minimum absolute atomic E-state index is 0.235. The number of hydrogen-bond donors (Lipinski definition) is 1. The van der Waals surface area contributed by atoms with Crippen LogP contribution in [0.25, 0.3) is 10.1 Å². The number of carbonyl (C=O) groups is 1. The van der Waals surface area contributed by atoms with Gasteiger partial charge in [-0.05, 0) is 68.3 Å². The van der Waals surface area contributed by atoms with E-state index < -0.39 is 14.6 Å². The summed E-state index contributed by atoms with van der Waals surface area (Å²) >= 11 is 7.69. The largest absolute Gasteiger partial charge is 0.343 e. The van der Waals surface area contributed by atoms with Crippen molar-refractivity contribution in [3.8, 4) is 0 Å². The number of amides is 1. The summed E-state index contributed by atoms with van der Waals surface area (Å²) in [5.41, 5.74) is 1.30. The molecule has 2 fully saturated rings. The quantitative estimate of drug-likeness (QED) is 0.460. The van der Waals surface area contributed by atoms with Crippen LogP contribution in [0.5, 0.6) is 0 Å². The van der Waals surface area contributed by atoms with Crippen LogP contribution in [0, 0.1) is 0 Å². The van der Waals surface area contributed by atoms with Gasteiger partial charge in [0.05, 0.1) is 16.3 Å². The third-order valence-corrected chi connectivity index (χ3v) is 10.7. The van der Waals surface area contributed by atoms with Gasteiger partial charge in [-0.2, -0.15) is 0 Å². The second-order valence-electron chi connectivity index (χ2n) is 9.94. The number of thiophene rings is 1. The highest BCUT2D eigenvalue weighted by atomic mass is 35.5. The van der Waals surface area contributed by atoms with Gasteiger partial charge in [0.1, 0.15) is 11.0 Å². The number of rotatable bonds is 5. The summed E-state index contributed by atoms with van der Waals surface area (Å²) in [5, 5.41) is 4.15. The summed E-state index contributed by atoms with van der Waals surface area (Å²) < 4.78 is 24.4. The van der Waals surface area contributed by atoms with Crippen molar-refractivity contribution in [3.63, 3.8) is 0 Å². The Bertz CT molecular complexity index is 1400. The van der Waals surface area contributed by atoms with E-state index in [1.807, 2.05) is 24.3 Å². The van der Waals surface area contributed by atoms with Gasteiger partial charge in [0, 0.05) is 41.8 Å². The molecule has 186 valence electrons. The van der Waals surface area contributed by atoms with Gasteiger partial charge in [-0.3, -0.25) is 9.69 Å². The van der Waals surface area contributed by atoms with Crippen molar-refractivity contribution >= 4 is 60.3 Å². The topological polar surface area (TPSA) is 82.6 Å². The highest BCUT2D eigenvalue weighted by molar-refractivity contribution is 7.91. The smallest absolute Gasteiger partial charge is 0.265 e. The first kappa shape index (κ1) is 24.5. The van der Waals surface area contributed by atoms with Gasteiger partial charge in [0.25, 0.3) is 5.91 Å². The minimum atomic E-state index is -3.30. The fourth-order valence-electron chi connectivity index (χ4n) is 4.84. The van der Waals surface area contributed by atoms with Crippen LogP contribution in [0.1, 0.15) is 48.3 Å². The molecule has 1 aromatic carbocycles. The van der Waals surface area contributed by atoms with E-state index in [-0.39, 0.29) is 5.91 Å². The van der Waals surface area contributed by atoms with Crippen molar-refractivity contribution in [2.75, 3.05) is 36.2 Å². The van der Waals surface area contributed by atoms with Gasteiger partial charge in [-0.1, -0.05) is 17.7 Å². The number of halogens is 1. The first-order valence-corrected chi connectivity index (χ1v) is 14.8. The Morgan fingerprint density at radius 1 is 1.17 bits per heavy atom. The molecular formula is C25H29ClN4O3S2. The molecule has 2 saturated heterocycles. The molecule has 35 heavy (non-hydrogen) atoms. The van der Waals surface area contributed by atoms with Gasteiger partial charge in [-0.25, -0.2) is 13.4 Å². The zero-order valence-electron chi connectivity index (χ0n) is 20.0. The summed E-state index contributed by atoms with van der Waals surface area (Å²) in [5.74, 6) is 0.531. The lowest BCUT2D eigenvalue weighted by Crippen LogP contribution is -2.47. The van der Waals surface area contributed by atoms with Gasteiger partial charge < -0.3 is 10.2 Å².